The average Bonchev–Trinajstić information content (AvgIpc) is 2.67. The lowest BCUT2D eigenvalue weighted by Gasteiger charge is -2.11. The van der Waals surface area contributed by atoms with E-state index in [0.29, 0.717) is 6.54 Å². The summed E-state index contributed by atoms with van der Waals surface area (Å²) >= 11 is 0. The van der Waals surface area contributed by atoms with Crippen molar-refractivity contribution >= 4 is 12.4 Å². The molecule has 0 aliphatic carbocycles. The number of benzene rings is 2. The number of rotatable bonds is 6. The summed E-state index contributed by atoms with van der Waals surface area (Å²) in [7, 11) is 0. The summed E-state index contributed by atoms with van der Waals surface area (Å²) in [6, 6.07) is 22.7. The highest BCUT2D eigenvalue weighted by atomic mass is 16.1. The minimum atomic E-state index is -0.265. The van der Waals surface area contributed by atoms with Gasteiger partial charge in [0.25, 0.3) is 5.56 Å². The number of aliphatic imine (C=N–C) groups is 1. The summed E-state index contributed by atoms with van der Waals surface area (Å²) < 4.78 is 1.59. The highest BCUT2D eigenvalue weighted by molar-refractivity contribution is 5.88. The normalized spacial score (nSPS) is 12.2. The van der Waals surface area contributed by atoms with Gasteiger partial charge in [0.1, 0.15) is 0 Å². The third kappa shape index (κ3) is 4.18. The van der Waals surface area contributed by atoms with Gasteiger partial charge >= 0.3 is 0 Å². The van der Waals surface area contributed by atoms with Gasteiger partial charge in [-0.25, -0.2) is 0 Å². The zero-order chi connectivity index (χ0) is 17.5. The Morgan fingerprint density at radius 1 is 0.960 bits per heavy atom. The van der Waals surface area contributed by atoms with E-state index in [2.05, 4.69) is 4.99 Å². The van der Waals surface area contributed by atoms with E-state index in [9.17, 15) is 4.79 Å². The maximum absolute atomic E-state index is 12.2. The van der Waals surface area contributed by atoms with Crippen LogP contribution in [0.15, 0.2) is 88.8 Å². The minimum Gasteiger partial charge on any atom is -0.312 e. The zero-order valence-electron chi connectivity index (χ0n) is 13.7. The quantitative estimate of drug-likeness (QED) is 0.686. The molecule has 1 N–H and O–H groups in total. The van der Waals surface area contributed by atoms with E-state index in [1.807, 2.05) is 60.7 Å². The maximum Gasteiger partial charge on any atom is 0.255 e. The molecule has 4 nitrogen and oxygen atoms in total. The molecule has 0 spiro atoms. The molecule has 0 radical (unpaired) electrons. The van der Waals surface area contributed by atoms with Crippen LogP contribution in [0.4, 0.5) is 0 Å². The Balaban J connectivity index is 1.84. The summed E-state index contributed by atoms with van der Waals surface area (Å²) in [6.45, 7) is 0.573. The third-order valence-electron chi connectivity index (χ3n) is 3.92. The molecule has 0 saturated heterocycles. The van der Waals surface area contributed by atoms with Crippen molar-refractivity contribution < 1.29 is 0 Å². The molecule has 3 aromatic rings. The van der Waals surface area contributed by atoms with E-state index in [-0.39, 0.29) is 11.5 Å². The van der Waals surface area contributed by atoms with Crippen LogP contribution >= 0.6 is 0 Å². The molecule has 3 rings (SSSR count). The lowest BCUT2D eigenvalue weighted by atomic mass is 10.0. The van der Waals surface area contributed by atoms with Gasteiger partial charge in [0.05, 0.1) is 12.5 Å². The Bertz CT molecular complexity index is 915. The van der Waals surface area contributed by atoms with E-state index >= 15 is 0 Å². The number of hydrogen-bond donors (Lipinski definition) is 1. The highest BCUT2D eigenvalue weighted by Crippen LogP contribution is 2.13. The Morgan fingerprint density at radius 2 is 1.64 bits per heavy atom. The number of nitrogens with one attached hydrogen (secondary N) is 1. The van der Waals surface area contributed by atoms with Crippen molar-refractivity contribution in [1.29, 1.82) is 5.41 Å². The van der Waals surface area contributed by atoms with Crippen LogP contribution in [0.2, 0.25) is 0 Å². The number of pyridine rings is 1. The minimum absolute atomic E-state index is 0.0973. The Hall–Kier alpha value is -3.27. The fourth-order valence-electron chi connectivity index (χ4n) is 2.57. The first-order valence-electron chi connectivity index (χ1n) is 8.10. The Morgan fingerprint density at radius 3 is 2.32 bits per heavy atom. The predicted octanol–water partition coefficient (Wildman–Crippen LogP) is 3.84. The molecule has 25 heavy (non-hydrogen) atoms. The SMILES string of the molecule is N=CC(C=NCc1ccccc1)c1ccc(=O)n(-c2ccccc2)c1. The van der Waals surface area contributed by atoms with Gasteiger partial charge in [-0.3, -0.25) is 14.4 Å². The molecule has 0 amide bonds. The number of aromatic nitrogens is 1. The molecule has 1 aromatic heterocycles. The molecule has 1 heterocycles. The zero-order valence-corrected chi connectivity index (χ0v) is 13.7. The van der Waals surface area contributed by atoms with Gasteiger partial charge < -0.3 is 5.41 Å². The highest BCUT2D eigenvalue weighted by Gasteiger charge is 2.08. The van der Waals surface area contributed by atoms with E-state index in [1.165, 1.54) is 12.3 Å². The van der Waals surface area contributed by atoms with E-state index in [4.69, 9.17) is 5.41 Å². The van der Waals surface area contributed by atoms with Crippen LogP contribution in [0.1, 0.15) is 17.0 Å². The van der Waals surface area contributed by atoms with Crippen LogP contribution in [0.5, 0.6) is 0 Å². The van der Waals surface area contributed by atoms with Crippen molar-refractivity contribution in [3.63, 3.8) is 0 Å². The Labute approximate surface area is 146 Å². The van der Waals surface area contributed by atoms with Crippen LogP contribution in [0.3, 0.4) is 0 Å². The maximum atomic E-state index is 12.2. The Kier molecular flexibility index (Phi) is 5.32. The van der Waals surface area contributed by atoms with Crippen LogP contribution < -0.4 is 5.56 Å². The molecule has 0 bridgehead atoms. The monoisotopic (exact) mass is 329 g/mol. The number of hydrogen-bond acceptors (Lipinski definition) is 3. The molecule has 124 valence electrons. The largest absolute Gasteiger partial charge is 0.312 e. The van der Waals surface area contributed by atoms with Gasteiger partial charge in [0, 0.05) is 30.4 Å². The lowest BCUT2D eigenvalue weighted by Crippen LogP contribution is -2.18. The lowest BCUT2D eigenvalue weighted by molar-refractivity contribution is 0.961. The summed E-state index contributed by atoms with van der Waals surface area (Å²) in [5, 5.41) is 7.71. The molecule has 0 fully saturated rings. The van der Waals surface area contributed by atoms with Gasteiger partial charge in [-0.15, -0.1) is 0 Å². The van der Waals surface area contributed by atoms with Gasteiger partial charge in [-0.05, 0) is 23.3 Å². The summed E-state index contributed by atoms with van der Waals surface area (Å²) in [6.07, 6.45) is 4.88. The summed E-state index contributed by atoms with van der Waals surface area (Å²) in [5.74, 6) is -0.265. The van der Waals surface area contributed by atoms with Crippen molar-refractivity contribution in [3.05, 3.63) is 100 Å². The molecular weight excluding hydrogens is 310 g/mol. The van der Waals surface area contributed by atoms with Gasteiger partial charge in [0.15, 0.2) is 0 Å². The summed E-state index contributed by atoms with van der Waals surface area (Å²) in [4.78, 5) is 16.6. The van der Waals surface area contributed by atoms with Crippen molar-refractivity contribution in [3.8, 4) is 5.69 Å². The number of para-hydroxylation sites is 1. The second-order valence-corrected chi connectivity index (χ2v) is 5.67. The summed E-state index contributed by atoms with van der Waals surface area (Å²) in [5.41, 5.74) is 2.69. The van der Waals surface area contributed by atoms with Gasteiger partial charge in [0.2, 0.25) is 0 Å². The fraction of sp³-hybridized carbons (Fsp3) is 0.0952. The van der Waals surface area contributed by atoms with Crippen LogP contribution in [0.25, 0.3) is 5.69 Å². The third-order valence-corrected chi connectivity index (χ3v) is 3.92. The van der Waals surface area contributed by atoms with Crippen molar-refractivity contribution in [2.75, 3.05) is 0 Å². The molecule has 0 aliphatic rings. The van der Waals surface area contributed by atoms with Crippen LogP contribution in [-0.2, 0) is 6.54 Å². The van der Waals surface area contributed by atoms with Crippen LogP contribution in [-0.4, -0.2) is 17.0 Å². The smallest absolute Gasteiger partial charge is 0.255 e. The fourth-order valence-corrected chi connectivity index (χ4v) is 2.57. The number of nitrogens with zero attached hydrogens (tertiary/aromatic N) is 2. The first kappa shape index (κ1) is 16.6. The van der Waals surface area contributed by atoms with Gasteiger partial charge in [-0.2, -0.15) is 0 Å². The first-order valence-corrected chi connectivity index (χ1v) is 8.10. The van der Waals surface area contributed by atoms with E-state index in [1.54, 1.807) is 23.0 Å². The van der Waals surface area contributed by atoms with Gasteiger partial charge in [-0.1, -0.05) is 54.6 Å². The molecule has 1 atom stereocenters. The van der Waals surface area contributed by atoms with Crippen molar-refractivity contribution in [2.45, 2.75) is 12.5 Å². The standard InChI is InChI=1S/C21H19N3O/c22-13-19(15-23-14-17-7-3-1-4-8-17)18-11-12-21(25)24(16-18)20-9-5-2-6-10-20/h1-13,15-16,19,22H,14H2. The van der Waals surface area contributed by atoms with E-state index < -0.39 is 0 Å². The molecule has 4 heteroatoms. The first-order chi connectivity index (χ1) is 12.3. The average molecular weight is 329 g/mol. The van der Waals surface area contributed by atoms with Crippen LogP contribution in [0, 0.1) is 5.41 Å². The topological polar surface area (TPSA) is 58.2 Å². The van der Waals surface area contributed by atoms with Crippen molar-refractivity contribution in [1.82, 2.24) is 4.57 Å². The second kappa shape index (κ2) is 8.02. The molecule has 2 aromatic carbocycles. The molecule has 1 unspecified atom stereocenters. The van der Waals surface area contributed by atoms with E-state index in [0.717, 1.165) is 16.8 Å². The molecule has 0 saturated carbocycles. The predicted molar refractivity (Wildman–Crippen MR) is 102 cm³/mol. The molecule has 0 aliphatic heterocycles. The second-order valence-electron chi connectivity index (χ2n) is 5.67. The van der Waals surface area contributed by atoms with Crippen molar-refractivity contribution in [2.24, 2.45) is 4.99 Å². The molecular formula is C21H19N3O.